The molecule has 0 fully saturated rings. The molecule has 4 heteroatoms. The number of anilines is 1. The van der Waals surface area contributed by atoms with Gasteiger partial charge in [0.25, 0.3) is 0 Å². The highest BCUT2D eigenvalue weighted by molar-refractivity contribution is 5.86. The van der Waals surface area contributed by atoms with E-state index >= 15 is 0 Å². The normalized spacial score (nSPS) is 12.6. The Labute approximate surface area is 129 Å². The Morgan fingerprint density at radius 3 is 2.50 bits per heavy atom. The Morgan fingerprint density at radius 2 is 1.82 bits per heavy atom. The molecule has 0 saturated carbocycles. The van der Waals surface area contributed by atoms with Crippen molar-refractivity contribution in [3.63, 3.8) is 0 Å². The maximum absolute atomic E-state index is 13.1. The van der Waals surface area contributed by atoms with Crippen molar-refractivity contribution in [3.05, 3.63) is 59.3 Å². The van der Waals surface area contributed by atoms with E-state index in [0.717, 1.165) is 16.9 Å². The molecular weight excluding hydrogens is 277 g/mol. The van der Waals surface area contributed by atoms with Crippen LogP contribution in [0.3, 0.4) is 0 Å². The molecular formula is C18H20FN3. The number of fused-ring (bicyclic) bond motifs is 1. The van der Waals surface area contributed by atoms with Gasteiger partial charge in [0.2, 0.25) is 0 Å². The SMILES string of the molecule is Cc1[nH]c2c(C(C)N(C)c3ccc(F)cc3)nccc2c1C. The zero-order valence-corrected chi connectivity index (χ0v) is 13.3. The van der Waals surface area contributed by atoms with Crippen LogP contribution in [0.25, 0.3) is 10.9 Å². The number of pyridine rings is 1. The summed E-state index contributed by atoms with van der Waals surface area (Å²) in [5, 5.41) is 1.21. The van der Waals surface area contributed by atoms with E-state index in [9.17, 15) is 4.39 Å². The van der Waals surface area contributed by atoms with E-state index < -0.39 is 0 Å². The van der Waals surface area contributed by atoms with Gasteiger partial charge in [0.15, 0.2) is 0 Å². The molecule has 1 aromatic carbocycles. The molecule has 3 rings (SSSR count). The van der Waals surface area contributed by atoms with Crippen LogP contribution in [0, 0.1) is 19.7 Å². The fourth-order valence-electron chi connectivity index (χ4n) is 2.81. The summed E-state index contributed by atoms with van der Waals surface area (Å²) in [6, 6.07) is 8.66. The molecule has 0 aliphatic carbocycles. The van der Waals surface area contributed by atoms with Crippen LogP contribution < -0.4 is 4.90 Å². The molecule has 3 aromatic rings. The molecule has 0 amide bonds. The second kappa shape index (κ2) is 5.44. The van der Waals surface area contributed by atoms with Crippen LogP contribution in [-0.4, -0.2) is 17.0 Å². The summed E-state index contributed by atoms with van der Waals surface area (Å²) in [4.78, 5) is 10.1. The van der Waals surface area contributed by atoms with Gasteiger partial charge in [0, 0.05) is 30.0 Å². The van der Waals surface area contributed by atoms with Crippen molar-refractivity contribution in [1.29, 1.82) is 0 Å². The lowest BCUT2D eigenvalue weighted by atomic mass is 10.1. The lowest BCUT2D eigenvalue weighted by molar-refractivity contribution is 0.627. The third-order valence-corrected chi connectivity index (χ3v) is 4.47. The maximum Gasteiger partial charge on any atom is 0.123 e. The highest BCUT2D eigenvalue weighted by Gasteiger charge is 2.18. The van der Waals surface area contributed by atoms with Crippen molar-refractivity contribution in [2.24, 2.45) is 0 Å². The molecule has 0 spiro atoms. The van der Waals surface area contributed by atoms with Crippen molar-refractivity contribution < 1.29 is 4.39 Å². The van der Waals surface area contributed by atoms with Crippen LogP contribution in [0.1, 0.15) is 29.9 Å². The van der Waals surface area contributed by atoms with E-state index in [1.807, 2.05) is 19.3 Å². The topological polar surface area (TPSA) is 31.9 Å². The summed E-state index contributed by atoms with van der Waals surface area (Å²) >= 11 is 0. The van der Waals surface area contributed by atoms with Gasteiger partial charge < -0.3 is 9.88 Å². The fourth-order valence-corrected chi connectivity index (χ4v) is 2.81. The second-order valence-corrected chi connectivity index (χ2v) is 5.76. The minimum Gasteiger partial charge on any atom is -0.366 e. The highest BCUT2D eigenvalue weighted by atomic mass is 19.1. The standard InChI is InChI=1S/C18H20FN3/c1-11-12(2)21-18-16(11)9-10-20-17(18)13(3)22(4)15-7-5-14(19)6-8-15/h5-10,13,21H,1-4H3. The van der Waals surface area contributed by atoms with Gasteiger partial charge in [0.05, 0.1) is 17.3 Å². The van der Waals surface area contributed by atoms with Crippen LogP contribution >= 0.6 is 0 Å². The number of nitrogens with one attached hydrogen (secondary N) is 1. The Balaban J connectivity index is 2.03. The zero-order valence-electron chi connectivity index (χ0n) is 13.3. The molecule has 1 atom stereocenters. The third-order valence-electron chi connectivity index (χ3n) is 4.47. The van der Waals surface area contributed by atoms with Crippen molar-refractivity contribution in [1.82, 2.24) is 9.97 Å². The summed E-state index contributed by atoms with van der Waals surface area (Å²) in [6.07, 6.45) is 1.85. The molecule has 1 N–H and O–H groups in total. The van der Waals surface area contributed by atoms with Crippen LogP contribution in [0.15, 0.2) is 36.5 Å². The minimum absolute atomic E-state index is 0.0756. The highest BCUT2D eigenvalue weighted by Crippen LogP contribution is 2.30. The van der Waals surface area contributed by atoms with E-state index in [-0.39, 0.29) is 11.9 Å². The van der Waals surface area contributed by atoms with Crippen molar-refractivity contribution in [2.45, 2.75) is 26.8 Å². The Morgan fingerprint density at radius 1 is 1.14 bits per heavy atom. The van der Waals surface area contributed by atoms with Gasteiger partial charge in [-0.1, -0.05) is 0 Å². The number of halogens is 1. The van der Waals surface area contributed by atoms with Crippen molar-refractivity contribution in [2.75, 3.05) is 11.9 Å². The molecule has 0 aliphatic heterocycles. The van der Waals surface area contributed by atoms with Crippen LogP contribution in [0.5, 0.6) is 0 Å². The predicted octanol–water partition coefficient (Wildman–Crippen LogP) is 4.52. The average Bonchev–Trinajstić information content (AvgIpc) is 2.82. The average molecular weight is 297 g/mol. The van der Waals surface area contributed by atoms with Crippen LogP contribution in [-0.2, 0) is 0 Å². The van der Waals surface area contributed by atoms with Gasteiger partial charge in [-0.2, -0.15) is 0 Å². The Hall–Kier alpha value is -2.36. The first-order valence-corrected chi connectivity index (χ1v) is 7.41. The smallest absolute Gasteiger partial charge is 0.123 e. The fraction of sp³-hybridized carbons (Fsp3) is 0.278. The molecule has 0 saturated heterocycles. The van der Waals surface area contributed by atoms with Crippen molar-refractivity contribution in [3.8, 4) is 0 Å². The summed E-state index contributed by atoms with van der Waals surface area (Å²) in [5.41, 5.74) is 5.48. The first kappa shape index (κ1) is 14.6. The number of aromatic nitrogens is 2. The summed E-state index contributed by atoms with van der Waals surface area (Å²) in [7, 11) is 2.00. The monoisotopic (exact) mass is 297 g/mol. The van der Waals surface area contributed by atoms with Crippen molar-refractivity contribution >= 4 is 16.6 Å². The van der Waals surface area contributed by atoms with Gasteiger partial charge in [-0.25, -0.2) is 4.39 Å². The first-order valence-electron chi connectivity index (χ1n) is 7.41. The molecule has 3 nitrogen and oxygen atoms in total. The lowest BCUT2D eigenvalue weighted by Crippen LogP contribution is -2.22. The van der Waals surface area contributed by atoms with Gasteiger partial charge in [-0.05, 0) is 56.7 Å². The van der Waals surface area contributed by atoms with Gasteiger partial charge in [-0.3, -0.25) is 4.98 Å². The summed E-state index contributed by atoms with van der Waals surface area (Å²) < 4.78 is 13.1. The number of hydrogen-bond acceptors (Lipinski definition) is 2. The quantitative estimate of drug-likeness (QED) is 0.771. The Kier molecular flexibility index (Phi) is 3.61. The van der Waals surface area contributed by atoms with Crippen LogP contribution in [0.2, 0.25) is 0 Å². The molecule has 114 valence electrons. The number of aromatic amines is 1. The molecule has 22 heavy (non-hydrogen) atoms. The molecule has 2 heterocycles. The van der Waals surface area contributed by atoms with Gasteiger partial charge in [-0.15, -0.1) is 0 Å². The number of hydrogen-bond donors (Lipinski definition) is 1. The molecule has 1 unspecified atom stereocenters. The summed E-state index contributed by atoms with van der Waals surface area (Å²) in [5.74, 6) is -0.222. The second-order valence-electron chi connectivity index (χ2n) is 5.76. The van der Waals surface area contributed by atoms with E-state index in [1.165, 1.54) is 28.8 Å². The molecule has 2 aromatic heterocycles. The molecule has 0 radical (unpaired) electrons. The van der Waals surface area contributed by atoms with E-state index in [0.29, 0.717) is 0 Å². The number of benzene rings is 1. The van der Waals surface area contributed by atoms with E-state index in [2.05, 4.69) is 35.6 Å². The Bertz CT molecular complexity index is 805. The predicted molar refractivity (Wildman–Crippen MR) is 88.8 cm³/mol. The molecule has 0 bridgehead atoms. The van der Waals surface area contributed by atoms with Crippen LogP contribution in [0.4, 0.5) is 10.1 Å². The first-order chi connectivity index (χ1) is 10.5. The summed E-state index contributed by atoms with van der Waals surface area (Å²) in [6.45, 7) is 6.30. The number of aryl methyl sites for hydroxylation is 2. The van der Waals surface area contributed by atoms with E-state index in [4.69, 9.17) is 0 Å². The lowest BCUT2D eigenvalue weighted by Gasteiger charge is -2.27. The zero-order chi connectivity index (χ0) is 15.9. The maximum atomic E-state index is 13.1. The van der Waals surface area contributed by atoms with Gasteiger partial charge >= 0.3 is 0 Å². The third kappa shape index (κ3) is 2.34. The van der Waals surface area contributed by atoms with Gasteiger partial charge in [0.1, 0.15) is 5.82 Å². The largest absolute Gasteiger partial charge is 0.366 e. The molecule has 0 aliphatic rings. The number of rotatable bonds is 3. The number of nitrogens with zero attached hydrogens (tertiary/aromatic N) is 2. The minimum atomic E-state index is -0.222. The number of H-pyrrole nitrogens is 1. The van der Waals surface area contributed by atoms with E-state index in [1.54, 1.807) is 12.1 Å².